The summed E-state index contributed by atoms with van der Waals surface area (Å²) >= 11 is 0. The molecule has 1 amide bonds. The minimum atomic E-state index is -0.363. The Bertz CT molecular complexity index is 609. The molecular formula is C17H18N2O2. The summed E-state index contributed by atoms with van der Waals surface area (Å²) < 4.78 is 0. The number of amides is 1. The molecule has 0 heterocycles. The number of nitrogens with one attached hydrogen (secondary N) is 1. The van der Waals surface area contributed by atoms with Crippen molar-refractivity contribution in [2.75, 3.05) is 0 Å². The zero-order valence-electron chi connectivity index (χ0n) is 11.9. The Morgan fingerprint density at radius 1 is 1.10 bits per heavy atom. The predicted octanol–water partition coefficient (Wildman–Crippen LogP) is 2.94. The summed E-state index contributed by atoms with van der Waals surface area (Å²) in [6.07, 6.45) is 0.296. The SMILES string of the molecule is C[C@H](NC(=O)/C(Cc1ccccc1)=N/O)c1ccccc1. The summed E-state index contributed by atoms with van der Waals surface area (Å²) in [5.74, 6) is -0.363. The lowest BCUT2D eigenvalue weighted by Gasteiger charge is -2.14. The summed E-state index contributed by atoms with van der Waals surface area (Å²) in [5.41, 5.74) is 2.03. The van der Waals surface area contributed by atoms with Gasteiger partial charge in [-0.25, -0.2) is 0 Å². The van der Waals surface area contributed by atoms with Gasteiger partial charge in [-0.05, 0) is 18.1 Å². The Balaban J connectivity index is 2.01. The standard InChI is InChI=1S/C17H18N2O2/c1-13(15-10-6-3-7-11-15)18-17(20)16(19-21)12-14-8-4-2-5-9-14/h2-11,13,21H,12H2,1H3,(H,18,20)/b19-16+/t13-/m0/s1. The first-order valence-electron chi connectivity index (χ1n) is 6.81. The quantitative estimate of drug-likeness (QED) is 0.503. The lowest BCUT2D eigenvalue weighted by Crippen LogP contribution is -2.34. The molecule has 0 spiro atoms. The van der Waals surface area contributed by atoms with Crippen LogP contribution in [0.4, 0.5) is 0 Å². The van der Waals surface area contributed by atoms with Crippen LogP contribution in [0.25, 0.3) is 0 Å². The molecule has 21 heavy (non-hydrogen) atoms. The Labute approximate surface area is 124 Å². The van der Waals surface area contributed by atoms with Gasteiger partial charge in [-0.2, -0.15) is 0 Å². The molecule has 1 atom stereocenters. The van der Waals surface area contributed by atoms with Crippen LogP contribution in [-0.4, -0.2) is 16.8 Å². The van der Waals surface area contributed by atoms with E-state index in [9.17, 15) is 4.79 Å². The lowest BCUT2D eigenvalue weighted by atomic mass is 10.1. The molecule has 2 rings (SSSR count). The van der Waals surface area contributed by atoms with Crippen LogP contribution in [0.2, 0.25) is 0 Å². The number of carbonyl (C=O) groups excluding carboxylic acids is 1. The molecule has 0 aromatic heterocycles. The maximum absolute atomic E-state index is 12.2. The second kappa shape index (κ2) is 7.24. The van der Waals surface area contributed by atoms with Gasteiger partial charge in [-0.3, -0.25) is 4.79 Å². The van der Waals surface area contributed by atoms with E-state index in [0.717, 1.165) is 11.1 Å². The average Bonchev–Trinajstić information content (AvgIpc) is 2.54. The summed E-state index contributed by atoms with van der Waals surface area (Å²) in [7, 11) is 0. The number of hydrogen-bond acceptors (Lipinski definition) is 3. The summed E-state index contributed by atoms with van der Waals surface area (Å²) in [5, 5.41) is 15.0. The van der Waals surface area contributed by atoms with Crippen molar-refractivity contribution in [3.63, 3.8) is 0 Å². The molecule has 0 aliphatic carbocycles. The van der Waals surface area contributed by atoms with E-state index in [0.29, 0.717) is 6.42 Å². The molecule has 0 saturated heterocycles. The van der Waals surface area contributed by atoms with Crippen LogP contribution >= 0.6 is 0 Å². The van der Waals surface area contributed by atoms with Crippen LogP contribution in [0.5, 0.6) is 0 Å². The molecule has 0 aliphatic heterocycles. The van der Waals surface area contributed by atoms with Crippen molar-refractivity contribution in [2.24, 2.45) is 5.16 Å². The second-order valence-electron chi connectivity index (χ2n) is 4.81. The molecule has 0 fully saturated rings. The van der Waals surface area contributed by atoms with Crippen molar-refractivity contribution in [3.8, 4) is 0 Å². The Hall–Kier alpha value is -2.62. The van der Waals surface area contributed by atoms with Crippen molar-refractivity contribution >= 4 is 11.6 Å². The highest BCUT2D eigenvalue weighted by Gasteiger charge is 2.16. The fourth-order valence-electron chi connectivity index (χ4n) is 2.06. The van der Waals surface area contributed by atoms with E-state index in [1.807, 2.05) is 67.6 Å². The largest absolute Gasteiger partial charge is 0.410 e. The van der Waals surface area contributed by atoms with Gasteiger partial charge in [0, 0.05) is 6.42 Å². The monoisotopic (exact) mass is 282 g/mol. The zero-order chi connectivity index (χ0) is 15.1. The van der Waals surface area contributed by atoms with Gasteiger partial charge in [0.05, 0.1) is 6.04 Å². The first kappa shape index (κ1) is 14.8. The molecule has 108 valence electrons. The predicted molar refractivity (Wildman–Crippen MR) is 82.4 cm³/mol. The van der Waals surface area contributed by atoms with Crippen molar-refractivity contribution in [2.45, 2.75) is 19.4 Å². The third kappa shape index (κ3) is 4.18. The van der Waals surface area contributed by atoms with E-state index < -0.39 is 0 Å². The number of hydrogen-bond donors (Lipinski definition) is 2. The maximum Gasteiger partial charge on any atom is 0.269 e. The molecule has 2 aromatic carbocycles. The van der Waals surface area contributed by atoms with Crippen LogP contribution in [-0.2, 0) is 11.2 Å². The molecular weight excluding hydrogens is 264 g/mol. The lowest BCUT2D eigenvalue weighted by molar-refractivity contribution is -0.115. The number of rotatable bonds is 5. The second-order valence-corrected chi connectivity index (χ2v) is 4.81. The Morgan fingerprint density at radius 3 is 2.24 bits per heavy atom. The topological polar surface area (TPSA) is 61.7 Å². The molecule has 0 unspecified atom stereocenters. The normalized spacial score (nSPS) is 12.7. The minimum absolute atomic E-state index is 0.101. The van der Waals surface area contributed by atoms with E-state index in [2.05, 4.69) is 10.5 Å². The summed E-state index contributed by atoms with van der Waals surface area (Å²) in [6.45, 7) is 1.89. The third-order valence-electron chi connectivity index (χ3n) is 3.24. The molecule has 0 bridgehead atoms. The van der Waals surface area contributed by atoms with Gasteiger partial charge in [-0.1, -0.05) is 65.8 Å². The summed E-state index contributed by atoms with van der Waals surface area (Å²) in [6, 6.07) is 18.9. The van der Waals surface area contributed by atoms with Gasteiger partial charge >= 0.3 is 0 Å². The number of oxime groups is 1. The highest BCUT2D eigenvalue weighted by atomic mass is 16.4. The number of benzene rings is 2. The van der Waals surface area contributed by atoms with Crippen LogP contribution in [0.3, 0.4) is 0 Å². The van der Waals surface area contributed by atoms with E-state index in [1.165, 1.54) is 0 Å². The van der Waals surface area contributed by atoms with Gasteiger partial charge in [0.15, 0.2) is 0 Å². The van der Waals surface area contributed by atoms with Gasteiger partial charge in [-0.15, -0.1) is 0 Å². The molecule has 2 aromatic rings. The Kier molecular flexibility index (Phi) is 5.10. The maximum atomic E-state index is 12.2. The average molecular weight is 282 g/mol. The Morgan fingerprint density at radius 2 is 1.67 bits per heavy atom. The molecule has 4 heteroatoms. The fraction of sp³-hybridized carbons (Fsp3) is 0.176. The zero-order valence-corrected chi connectivity index (χ0v) is 11.9. The van der Waals surface area contributed by atoms with E-state index >= 15 is 0 Å². The van der Waals surface area contributed by atoms with Crippen LogP contribution in [0.15, 0.2) is 65.8 Å². The molecule has 4 nitrogen and oxygen atoms in total. The molecule has 2 N–H and O–H groups in total. The van der Waals surface area contributed by atoms with Gasteiger partial charge < -0.3 is 10.5 Å². The first-order chi connectivity index (χ1) is 10.2. The van der Waals surface area contributed by atoms with Crippen molar-refractivity contribution in [1.29, 1.82) is 0 Å². The number of nitrogens with zero attached hydrogens (tertiary/aromatic N) is 1. The van der Waals surface area contributed by atoms with Crippen LogP contribution < -0.4 is 5.32 Å². The highest BCUT2D eigenvalue weighted by Crippen LogP contribution is 2.11. The van der Waals surface area contributed by atoms with Crippen molar-refractivity contribution in [1.82, 2.24) is 5.32 Å². The molecule has 0 saturated carbocycles. The number of carbonyl (C=O) groups is 1. The third-order valence-corrected chi connectivity index (χ3v) is 3.24. The van der Waals surface area contributed by atoms with Gasteiger partial charge in [0.2, 0.25) is 0 Å². The van der Waals surface area contributed by atoms with Gasteiger partial charge in [0.1, 0.15) is 5.71 Å². The van der Waals surface area contributed by atoms with E-state index in [4.69, 9.17) is 5.21 Å². The van der Waals surface area contributed by atoms with Crippen molar-refractivity contribution in [3.05, 3.63) is 71.8 Å². The van der Waals surface area contributed by atoms with Gasteiger partial charge in [0.25, 0.3) is 5.91 Å². The molecule has 0 radical (unpaired) electrons. The smallest absolute Gasteiger partial charge is 0.269 e. The van der Waals surface area contributed by atoms with Crippen molar-refractivity contribution < 1.29 is 10.0 Å². The highest BCUT2D eigenvalue weighted by molar-refractivity contribution is 6.39. The summed E-state index contributed by atoms with van der Waals surface area (Å²) in [4.78, 5) is 12.2. The minimum Gasteiger partial charge on any atom is -0.410 e. The fourth-order valence-corrected chi connectivity index (χ4v) is 2.06. The first-order valence-corrected chi connectivity index (χ1v) is 6.81. The van der Waals surface area contributed by atoms with E-state index in [-0.39, 0.29) is 17.7 Å². The van der Waals surface area contributed by atoms with Crippen LogP contribution in [0, 0.1) is 0 Å². The molecule has 0 aliphatic rings. The van der Waals surface area contributed by atoms with Crippen LogP contribution in [0.1, 0.15) is 24.1 Å². The van der Waals surface area contributed by atoms with E-state index in [1.54, 1.807) is 0 Å².